The number of rotatable bonds is 8. The number of benzene rings is 2. The number of ketones is 1. The molecule has 32 heavy (non-hydrogen) atoms. The highest BCUT2D eigenvalue weighted by Gasteiger charge is 2.45. The molecule has 1 aliphatic heterocycles. The van der Waals surface area contributed by atoms with Crippen molar-refractivity contribution in [2.75, 3.05) is 13.2 Å². The quantitative estimate of drug-likeness (QED) is 0.333. The van der Waals surface area contributed by atoms with Gasteiger partial charge in [-0.15, -0.1) is 0 Å². The number of aryl methyl sites for hydroxylation is 1. The van der Waals surface area contributed by atoms with Crippen LogP contribution in [-0.4, -0.2) is 44.4 Å². The van der Waals surface area contributed by atoms with Crippen LogP contribution in [0.15, 0.2) is 78.9 Å². The third-order valence-corrected chi connectivity index (χ3v) is 5.45. The van der Waals surface area contributed by atoms with E-state index in [0.29, 0.717) is 37.4 Å². The summed E-state index contributed by atoms with van der Waals surface area (Å²) in [6.07, 6.45) is 5.92. The molecule has 7 nitrogen and oxygen atoms in total. The van der Waals surface area contributed by atoms with E-state index in [-0.39, 0.29) is 11.3 Å². The van der Waals surface area contributed by atoms with Crippen molar-refractivity contribution in [2.24, 2.45) is 0 Å². The largest absolute Gasteiger partial charge is 0.507 e. The van der Waals surface area contributed by atoms with Crippen LogP contribution in [0.5, 0.6) is 5.75 Å². The van der Waals surface area contributed by atoms with Gasteiger partial charge >= 0.3 is 0 Å². The lowest BCUT2D eigenvalue weighted by Crippen LogP contribution is -2.31. The Labute approximate surface area is 186 Å². The van der Waals surface area contributed by atoms with E-state index in [1.165, 1.54) is 0 Å². The Kier molecular flexibility index (Phi) is 6.35. The fraction of sp³-hybridized carbons (Fsp3) is 0.240. The minimum absolute atomic E-state index is 0.0949. The molecule has 0 spiro atoms. The van der Waals surface area contributed by atoms with Gasteiger partial charge in [-0.3, -0.25) is 9.59 Å². The van der Waals surface area contributed by atoms with Gasteiger partial charge in [0.15, 0.2) is 0 Å². The van der Waals surface area contributed by atoms with Crippen LogP contribution in [0.3, 0.4) is 0 Å². The van der Waals surface area contributed by atoms with Crippen molar-refractivity contribution >= 4 is 17.4 Å². The van der Waals surface area contributed by atoms with Crippen molar-refractivity contribution in [1.82, 2.24) is 14.5 Å². The number of amides is 1. The van der Waals surface area contributed by atoms with Gasteiger partial charge in [0.05, 0.1) is 24.5 Å². The average Bonchev–Trinajstić information content (AvgIpc) is 3.42. The fourth-order valence-corrected chi connectivity index (χ4v) is 3.99. The smallest absolute Gasteiger partial charge is 0.295 e. The number of likely N-dealkylation sites (tertiary alicyclic amines) is 1. The van der Waals surface area contributed by atoms with Crippen LogP contribution >= 0.6 is 0 Å². The zero-order valence-corrected chi connectivity index (χ0v) is 17.8. The Morgan fingerprint density at radius 3 is 2.62 bits per heavy atom. The fourth-order valence-electron chi connectivity index (χ4n) is 3.99. The van der Waals surface area contributed by atoms with Crippen LogP contribution in [0.25, 0.3) is 5.76 Å². The zero-order valence-electron chi connectivity index (χ0n) is 17.8. The second-order valence-electron chi connectivity index (χ2n) is 7.52. The second-order valence-corrected chi connectivity index (χ2v) is 7.52. The summed E-state index contributed by atoms with van der Waals surface area (Å²) in [7, 11) is 0. The number of aromatic nitrogens is 2. The maximum atomic E-state index is 13.1. The van der Waals surface area contributed by atoms with Gasteiger partial charge in [-0.25, -0.2) is 4.98 Å². The van der Waals surface area contributed by atoms with Crippen molar-refractivity contribution < 1.29 is 19.4 Å². The first-order valence-corrected chi connectivity index (χ1v) is 10.6. The van der Waals surface area contributed by atoms with Gasteiger partial charge in [0.2, 0.25) is 0 Å². The summed E-state index contributed by atoms with van der Waals surface area (Å²) in [5, 5.41) is 11.1. The zero-order chi connectivity index (χ0) is 22.5. The van der Waals surface area contributed by atoms with Gasteiger partial charge in [0.1, 0.15) is 11.5 Å². The van der Waals surface area contributed by atoms with E-state index < -0.39 is 17.7 Å². The molecule has 0 radical (unpaired) electrons. The third kappa shape index (κ3) is 4.27. The Morgan fingerprint density at radius 2 is 1.91 bits per heavy atom. The monoisotopic (exact) mass is 431 g/mol. The van der Waals surface area contributed by atoms with E-state index in [4.69, 9.17) is 4.74 Å². The number of aliphatic hydroxyl groups is 1. The lowest BCUT2D eigenvalue weighted by molar-refractivity contribution is -0.139. The number of Topliss-reactive ketones (excluding diaryl/α,β-unsaturated/α-hetero) is 1. The Morgan fingerprint density at radius 1 is 1.09 bits per heavy atom. The average molecular weight is 431 g/mol. The summed E-state index contributed by atoms with van der Waals surface area (Å²) in [5.74, 6) is -0.897. The molecule has 1 aliphatic rings. The van der Waals surface area contributed by atoms with Gasteiger partial charge < -0.3 is 19.3 Å². The Balaban J connectivity index is 1.71. The van der Waals surface area contributed by atoms with Crippen LogP contribution in [0.4, 0.5) is 0 Å². The molecule has 1 N–H and O–H groups in total. The molecule has 2 aromatic carbocycles. The SMILES string of the molecule is CCOc1cccc(C(O)=C2C(=O)C(=O)N(CCCn3ccnc3)C2c2ccccc2)c1. The molecule has 1 amide bonds. The molecule has 1 unspecified atom stereocenters. The van der Waals surface area contributed by atoms with Crippen LogP contribution in [0.1, 0.15) is 30.5 Å². The molecule has 4 rings (SSSR count). The van der Waals surface area contributed by atoms with Crippen molar-refractivity contribution in [3.05, 3.63) is 90.0 Å². The molecule has 0 saturated carbocycles. The molecule has 0 aliphatic carbocycles. The normalized spacial score (nSPS) is 17.7. The molecule has 7 heteroatoms. The molecular formula is C25H25N3O4. The van der Waals surface area contributed by atoms with Crippen LogP contribution in [-0.2, 0) is 16.1 Å². The summed E-state index contributed by atoms with van der Waals surface area (Å²) in [4.78, 5) is 31.6. The highest BCUT2D eigenvalue weighted by atomic mass is 16.5. The molecule has 164 valence electrons. The molecule has 2 heterocycles. The van der Waals surface area contributed by atoms with Crippen molar-refractivity contribution in [1.29, 1.82) is 0 Å². The molecule has 1 fully saturated rings. The molecule has 3 aromatic rings. The summed E-state index contributed by atoms with van der Waals surface area (Å²) in [5.41, 5.74) is 1.31. The molecule has 1 atom stereocenters. The van der Waals surface area contributed by atoms with Gasteiger partial charge in [-0.05, 0) is 31.0 Å². The number of imidazole rings is 1. The molecular weight excluding hydrogens is 406 g/mol. The number of hydrogen-bond donors (Lipinski definition) is 1. The summed E-state index contributed by atoms with van der Waals surface area (Å²) < 4.78 is 7.45. The van der Waals surface area contributed by atoms with Gasteiger partial charge in [-0.1, -0.05) is 42.5 Å². The summed E-state index contributed by atoms with van der Waals surface area (Å²) in [6.45, 7) is 3.39. The van der Waals surface area contributed by atoms with Crippen LogP contribution in [0.2, 0.25) is 0 Å². The standard InChI is InChI=1S/C25H25N3O4/c1-2-32-20-11-6-10-19(16-20)23(29)21-22(18-8-4-3-5-9-18)28(25(31)24(21)30)14-7-13-27-15-12-26-17-27/h3-6,8-12,15-17,22,29H,2,7,13-14H2,1H3. The summed E-state index contributed by atoms with van der Waals surface area (Å²) in [6, 6.07) is 15.6. The lowest BCUT2D eigenvalue weighted by Gasteiger charge is -2.25. The second kappa shape index (κ2) is 9.51. The van der Waals surface area contributed by atoms with Crippen molar-refractivity contribution in [3.8, 4) is 5.75 Å². The van der Waals surface area contributed by atoms with E-state index in [1.807, 2.05) is 48.0 Å². The number of carbonyl (C=O) groups is 2. The lowest BCUT2D eigenvalue weighted by atomic mass is 9.95. The Hall–Kier alpha value is -3.87. The van der Waals surface area contributed by atoms with E-state index >= 15 is 0 Å². The van der Waals surface area contributed by atoms with Crippen molar-refractivity contribution in [3.63, 3.8) is 0 Å². The number of aliphatic hydroxyl groups excluding tert-OH is 1. The van der Waals surface area contributed by atoms with Gasteiger partial charge in [-0.2, -0.15) is 0 Å². The van der Waals surface area contributed by atoms with Gasteiger partial charge in [0.25, 0.3) is 11.7 Å². The van der Waals surface area contributed by atoms with Gasteiger partial charge in [0, 0.05) is 31.0 Å². The minimum atomic E-state index is -0.680. The molecule has 0 bridgehead atoms. The first kappa shape index (κ1) is 21.4. The Bertz CT molecular complexity index is 1120. The van der Waals surface area contributed by atoms with E-state index in [2.05, 4.69) is 4.98 Å². The first-order valence-electron chi connectivity index (χ1n) is 10.6. The molecule has 1 saturated heterocycles. The number of nitrogens with zero attached hydrogens (tertiary/aromatic N) is 3. The predicted molar refractivity (Wildman–Crippen MR) is 120 cm³/mol. The van der Waals surface area contributed by atoms with E-state index in [9.17, 15) is 14.7 Å². The van der Waals surface area contributed by atoms with E-state index in [0.717, 1.165) is 5.56 Å². The third-order valence-electron chi connectivity index (χ3n) is 5.45. The highest BCUT2D eigenvalue weighted by molar-refractivity contribution is 6.46. The number of ether oxygens (including phenoxy) is 1. The topological polar surface area (TPSA) is 84.7 Å². The maximum Gasteiger partial charge on any atom is 0.295 e. The predicted octanol–water partition coefficient (Wildman–Crippen LogP) is 3.79. The summed E-state index contributed by atoms with van der Waals surface area (Å²) >= 11 is 0. The van der Waals surface area contributed by atoms with Crippen LogP contribution in [0, 0.1) is 0 Å². The first-order chi connectivity index (χ1) is 15.6. The van der Waals surface area contributed by atoms with E-state index in [1.54, 1.807) is 41.7 Å². The molecule has 1 aromatic heterocycles. The maximum absolute atomic E-state index is 13.1. The minimum Gasteiger partial charge on any atom is -0.507 e. The van der Waals surface area contributed by atoms with Crippen LogP contribution < -0.4 is 4.74 Å². The highest BCUT2D eigenvalue weighted by Crippen LogP contribution is 2.39. The number of carbonyl (C=O) groups excluding carboxylic acids is 2. The number of hydrogen-bond acceptors (Lipinski definition) is 5. The van der Waals surface area contributed by atoms with Crippen molar-refractivity contribution in [2.45, 2.75) is 25.9 Å².